The van der Waals surface area contributed by atoms with Gasteiger partial charge in [0, 0.05) is 42.0 Å². The van der Waals surface area contributed by atoms with Crippen LogP contribution in [0.3, 0.4) is 0 Å². The Hall–Kier alpha value is -2.65. The van der Waals surface area contributed by atoms with E-state index in [2.05, 4.69) is 16.8 Å². The molecule has 0 spiro atoms. The van der Waals surface area contributed by atoms with Crippen molar-refractivity contribution >= 4 is 29.4 Å². The van der Waals surface area contributed by atoms with Crippen LogP contribution in [0.4, 0.5) is 9.18 Å². The number of fused-ring (bicyclic) bond motifs is 1. The Morgan fingerprint density at radius 1 is 1.22 bits per heavy atom. The topological polar surface area (TPSA) is 108 Å². The molecule has 0 bridgehead atoms. The van der Waals surface area contributed by atoms with Crippen molar-refractivity contribution in [2.24, 2.45) is 16.5 Å². The number of hydrogen-bond acceptors (Lipinski definition) is 4. The van der Waals surface area contributed by atoms with Crippen LogP contribution < -0.4 is 11.5 Å². The van der Waals surface area contributed by atoms with Gasteiger partial charge in [0.1, 0.15) is 11.7 Å². The first-order valence-electron chi connectivity index (χ1n) is 10.8. The second-order valence-corrected chi connectivity index (χ2v) is 9.15. The maximum atomic E-state index is 13.4. The van der Waals surface area contributed by atoms with Crippen LogP contribution in [0.15, 0.2) is 34.5 Å². The molecule has 172 valence electrons. The minimum Gasteiger partial charge on any atom is -0.400 e. The fourth-order valence-electron chi connectivity index (χ4n) is 4.77. The fourth-order valence-corrected chi connectivity index (χ4v) is 4.95. The predicted octanol–water partition coefficient (Wildman–Crippen LogP) is 2.18. The number of piperazine rings is 1. The quantitative estimate of drug-likeness (QED) is 0.517. The van der Waals surface area contributed by atoms with Crippen LogP contribution in [0.1, 0.15) is 37.0 Å². The number of rotatable bonds is 2. The highest BCUT2D eigenvalue weighted by Gasteiger charge is 2.41. The highest BCUT2D eigenvalue weighted by atomic mass is 35.5. The number of amides is 3. The van der Waals surface area contributed by atoms with E-state index >= 15 is 0 Å². The lowest BCUT2D eigenvalue weighted by Crippen LogP contribution is -2.60. The average Bonchev–Trinajstić information content (AvgIpc) is 3.33. The van der Waals surface area contributed by atoms with Crippen LogP contribution in [0.2, 0.25) is 5.02 Å². The molecule has 3 aliphatic rings. The summed E-state index contributed by atoms with van der Waals surface area (Å²) in [6, 6.07) is 3.64. The number of benzene rings is 1. The second-order valence-electron chi connectivity index (χ2n) is 8.74. The van der Waals surface area contributed by atoms with Gasteiger partial charge < -0.3 is 21.3 Å². The molecule has 0 aliphatic carbocycles. The van der Waals surface area contributed by atoms with Gasteiger partial charge in [0.15, 0.2) is 0 Å². The van der Waals surface area contributed by atoms with Crippen LogP contribution in [0, 0.1) is 5.82 Å². The van der Waals surface area contributed by atoms with E-state index < -0.39 is 11.7 Å². The number of urea groups is 1. The Morgan fingerprint density at radius 2 is 1.97 bits per heavy atom. The lowest BCUT2D eigenvalue weighted by atomic mass is 10.1. The highest BCUT2D eigenvalue weighted by Crippen LogP contribution is 2.28. The Labute approximate surface area is 191 Å². The van der Waals surface area contributed by atoms with Crippen molar-refractivity contribution in [3.8, 4) is 0 Å². The summed E-state index contributed by atoms with van der Waals surface area (Å²) in [5.41, 5.74) is 13.4. The van der Waals surface area contributed by atoms with Gasteiger partial charge in [-0.2, -0.15) is 4.99 Å². The Balaban J connectivity index is 1.49. The van der Waals surface area contributed by atoms with E-state index in [-0.39, 0.29) is 41.1 Å². The molecule has 1 aromatic rings. The summed E-state index contributed by atoms with van der Waals surface area (Å²) in [6.45, 7) is 6.74. The van der Waals surface area contributed by atoms with E-state index in [9.17, 15) is 14.0 Å². The number of halogens is 2. The minimum atomic E-state index is -0.659. The normalized spacial score (nSPS) is 26.6. The van der Waals surface area contributed by atoms with Gasteiger partial charge in [-0.15, -0.1) is 0 Å². The van der Waals surface area contributed by atoms with Gasteiger partial charge in [0.05, 0.1) is 17.6 Å². The Kier molecular flexibility index (Phi) is 6.13. The third kappa shape index (κ3) is 4.06. The summed E-state index contributed by atoms with van der Waals surface area (Å²) in [4.78, 5) is 35.8. The minimum absolute atomic E-state index is 0.0521. The monoisotopic (exact) mass is 462 g/mol. The molecule has 3 heterocycles. The highest BCUT2D eigenvalue weighted by molar-refractivity contribution is 6.31. The Morgan fingerprint density at radius 3 is 2.69 bits per heavy atom. The maximum Gasteiger partial charge on any atom is 0.321 e. The van der Waals surface area contributed by atoms with Gasteiger partial charge in [0.2, 0.25) is 0 Å². The van der Waals surface area contributed by atoms with E-state index in [0.717, 1.165) is 25.6 Å². The van der Waals surface area contributed by atoms with Gasteiger partial charge in [-0.25, -0.2) is 9.18 Å². The lowest BCUT2D eigenvalue weighted by molar-refractivity contribution is 0.0628. The molecule has 3 unspecified atom stereocenters. The first-order valence-corrected chi connectivity index (χ1v) is 11.2. The molecular formula is C22H28ClFN6O2. The van der Waals surface area contributed by atoms with Crippen LogP contribution in [0.5, 0.6) is 0 Å². The second kappa shape index (κ2) is 8.71. The summed E-state index contributed by atoms with van der Waals surface area (Å²) in [5, 5.41) is -0.175. The molecule has 3 amide bonds. The van der Waals surface area contributed by atoms with Crippen molar-refractivity contribution < 1.29 is 14.0 Å². The summed E-state index contributed by atoms with van der Waals surface area (Å²) >= 11 is 5.75. The number of nitrogens with two attached hydrogens (primary N) is 2. The van der Waals surface area contributed by atoms with Crippen molar-refractivity contribution in [1.82, 2.24) is 14.7 Å². The van der Waals surface area contributed by atoms with Crippen LogP contribution >= 0.6 is 11.6 Å². The van der Waals surface area contributed by atoms with Gasteiger partial charge in [-0.1, -0.05) is 11.6 Å². The third-order valence-electron chi connectivity index (χ3n) is 6.72. The molecule has 2 fully saturated rings. The maximum absolute atomic E-state index is 13.4. The SMILES string of the molecule is CC1CN2CCCC2CN1C(=O)N1CC(C(N)=NC(=O)c2ccc(F)c(Cl)c2)=C(N)C1C. The standard InChI is InChI=1S/C22H28ClFN6O2/c1-12-9-28-7-3-4-15(28)10-29(12)22(32)30-11-16(19(25)13(30)2)20(26)27-21(31)14-5-6-18(24)17(23)8-14/h5-6,8,12-13,15H,3-4,7,9-11,25H2,1-2H3,(H2,26,27,31). The lowest BCUT2D eigenvalue weighted by Gasteiger charge is -2.44. The van der Waals surface area contributed by atoms with E-state index in [1.807, 2.05) is 11.8 Å². The molecule has 3 aliphatic heterocycles. The molecule has 2 saturated heterocycles. The number of nitrogens with zero attached hydrogens (tertiary/aromatic N) is 4. The van der Waals surface area contributed by atoms with Gasteiger partial charge in [0.25, 0.3) is 5.91 Å². The van der Waals surface area contributed by atoms with E-state index in [4.69, 9.17) is 23.1 Å². The van der Waals surface area contributed by atoms with Gasteiger partial charge in [-0.3, -0.25) is 9.69 Å². The number of carbonyl (C=O) groups excluding carboxylic acids is 2. The van der Waals surface area contributed by atoms with Crippen molar-refractivity contribution in [2.75, 3.05) is 26.2 Å². The van der Waals surface area contributed by atoms with Crippen molar-refractivity contribution in [3.63, 3.8) is 0 Å². The number of aliphatic imine (C=N–C) groups is 1. The van der Waals surface area contributed by atoms with Gasteiger partial charge >= 0.3 is 6.03 Å². The molecule has 8 nitrogen and oxygen atoms in total. The van der Waals surface area contributed by atoms with Gasteiger partial charge in [-0.05, 0) is 51.4 Å². The largest absolute Gasteiger partial charge is 0.400 e. The fraction of sp³-hybridized carbons (Fsp3) is 0.500. The molecule has 0 radical (unpaired) electrons. The zero-order valence-electron chi connectivity index (χ0n) is 18.2. The number of amidine groups is 1. The predicted molar refractivity (Wildman–Crippen MR) is 121 cm³/mol. The zero-order valence-corrected chi connectivity index (χ0v) is 19.0. The average molecular weight is 463 g/mol. The molecule has 3 atom stereocenters. The van der Waals surface area contributed by atoms with Crippen molar-refractivity contribution in [1.29, 1.82) is 0 Å². The molecular weight excluding hydrogens is 435 g/mol. The van der Waals surface area contributed by atoms with Crippen LogP contribution in [0.25, 0.3) is 0 Å². The zero-order chi connectivity index (χ0) is 23.2. The summed E-state index contributed by atoms with van der Waals surface area (Å²) in [7, 11) is 0. The van der Waals surface area contributed by atoms with E-state index in [1.54, 1.807) is 4.90 Å². The number of hydrogen-bond donors (Lipinski definition) is 2. The Bertz CT molecular complexity index is 1010. The first-order chi connectivity index (χ1) is 15.2. The molecule has 10 heteroatoms. The molecule has 4 rings (SSSR count). The number of carbonyl (C=O) groups is 2. The summed E-state index contributed by atoms with van der Waals surface area (Å²) in [5.74, 6) is -1.34. The molecule has 0 aromatic heterocycles. The molecule has 1 aromatic carbocycles. The third-order valence-corrected chi connectivity index (χ3v) is 7.01. The first kappa shape index (κ1) is 22.5. The smallest absolute Gasteiger partial charge is 0.321 e. The summed E-state index contributed by atoms with van der Waals surface area (Å²) < 4.78 is 13.4. The summed E-state index contributed by atoms with van der Waals surface area (Å²) in [6.07, 6.45) is 2.27. The van der Waals surface area contributed by atoms with Crippen LogP contribution in [-0.2, 0) is 0 Å². The molecule has 0 saturated carbocycles. The molecule has 4 N–H and O–H groups in total. The van der Waals surface area contributed by atoms with E-state index in [0.29, 0.717) is 23.9 Å². The van der Waals surface area contributed by atoms with Crippen LogP contribution in [-0.4, -0.2) is 76.8 Å². The van der Waals surface area contributed by atoms with Crippen molar-refractivity contribution in [3.05, 3.63) is 45.9 Å². The molecule has 32 heavy (non-hydrogen) atoms. The van der Waals surface area contributed by atoms with Crippen molar-refractivity contribution in [2.45, 2.75) is 44.8 Å². The van der Waals surface area contributed by atoms with E-state index in [1.165, 1.54) is 18.6 Å².